The van der Waals surface area contributed by atoms with Crippen molar-refractivity contribution in [1.29, 1.82) is 0 Å². The predicted octanol–water partition coefficient (Wildman–Crippen LogP) is 1.66. The number of H-pyrrole nitrogens is 1. The highest BCUT2D eigenvalue weighted by Gasteiger charge is 2.27. The number of hydrogen-bond acceptors (Lipinski definition) is 5. The van der Waals surface area contributed by atoms with Gasteiger partial charge in [-0.3, -0.25) is 0 Å². The van der Waals surface area contributed by atoms with Crippen LogP contribution in [0.25, 0.3) is 0 Å². The first kappa shape index (κ1) is 16.4. The molecule has 2 heterocycles. The summed E-state index contributed by atoms with van der Waals surface area (Å²) < 4.78 is 31.1. The SMILES string of the molecule is O=C(OC/C=C/Cl)c1cc(S(=O)(=O)N2CCSCC2)c[nH]1. The summed E-state index contributed by atoms with van der Waals surface area (Å²) in [7, 11) is -3.55. The van der Waals surface area contributed by atoms with E-state index in [2.05, 4.69) is 4.98 Å². The summed E-state index contributed by atoms with van der Waals surface area (Å²) in [6.45, 7) is 1.00. The molecule has 116 valence electrons. The number of halogens is 1. The summed E-state index contributed by atoms with van der Waals surface area (Å²) >= 11 is 7.04. The van der Waals surface area contributed by atoms with Crippen molar-refractivity contribution in [1.82, 2.24) is 9.29 Å². The molecule has 0 aliphatic carbocycles. The Morgan fingerprint density at radius 2 is 2.19 bits per heavy atom. The number of carbonyl (C=O) groups is 1. The van der Waals surface area contributed by atoms with Gasteiger partial charge in [0.05, 0.1) is 0 Å². The smallest absolute Gasteiger partial charge is 0.355 e. The van der Waals surface area contributed by atoms with Crippen molar-refractivity contribution in [2.45, 2.75) is 4.90 Å². The molecule has 0 unspecified atom stereocenters. The first-order chi connectivity index (χ1) is 10.1. The molecule has 6 nitrogen and oxygen atoms in total. The van der Waals surface area contributed by atoms with E-state index in [-0.39, 0.29) is 17.2 Å². The third-order valence-electron chi connectivity index (χ3n) is 2.88. The quantitative estimate of drug-likeness (QED) is 0.817. The Labute approximate surface area is 132 Å². The molecule has 1 aromatic heterocycles. The minimum Gasteiger partial charge on any atom is -0.457 e. The van der Waals surface area contributed by atoms with Gasteiger partial charge in [-0.25, -0.2) is 13.2 Å². The number of sulfonamides is 1. The number of hydrogen-bond donors (Lipinski definition) is 1. The van der Waals surface area contributed by atoms with Gasteiger partial charge in [0.25, 0.3) is 0 Å². The number of ether oxygens (including phenoxy) is 1. The predicted molar refractivity (Wildman–Crippen MR) is 82.2 cm³/mol. The van der Waals surface area contributed by atoms with Gasteiger partial charge in [0.15, 0.2) is 0 Å². The van der Waals surface area contributed by atoms with Crippen molar-refractivity contribution in [3.63, 3.8) is 0 Å². The van der Waals surface area contributed by atoms with E-state index in [1.54, 1.807) is 11.8 Å². The molecule has 1 N–H and O–H groups in total. The summed E-state index contributed by atoms with van der Waals surface area (Å²) in [5.41, 5.74) is 1.34. The summed E-state index contributed by atoms with van der Waals surface area (Å²) in [6.07, 6.45) is 2.77. The maximum absolute atomic E-state index is 12.4. The third kappa shape index (κ3) is 4.03. The zero-order chi connectivity index (χ0) is 15.3. The molecule has 21 heavy (non-hydrogen) atoms. The largest absolute Gasteiger partial charge is 0.457 e. The zero-order valence-electron chi connectivity index (χ0n) is 11.1. The van der Waals surface area contributed by atoms with Crippen LogP contribution in [-0.4, -0.2) is 54.9 Å². The Hall–Kier alpha value is -0.960. The second-order valence-electron chi connectivity index (χ2n) is 4.23. The van der Waals surface area contributed by atoms with Crippen LogP contribution in [0, 0.1) is 0 Å². The minimum absolute atomic E-state index is 0.0345. The number of nitrogens with one attached hydrogen (secondary N) is 1. The summed E-state index contributed by atoms with van der Waals surface area (Å²) in [5, 5.41) is 0. The van der Waals surface area contributed by atoms with E-state index in [1.807, 2.05) is 0 Å². The standard InChI is InChI=1S/C12H15ClN2O4S2/c13-2-1-5-19-12(16)11-8-10(9-14-11)21(17,18)15-3-6-20-7-4-15/h1-2,8-9,14H,3-7H2/b2-1+. The van der Waals surface area contributed by atoms with E-state index >= 15 is 0 Å². The van der Waals surface area contributed by atoms with Gasteiger partial charge in [-0.1, -0.05) is 11.6 Å². The summed E-state index contributed by atoms with van der Waals surface area (Å²) in [6, 6.07) is 1.30. The monoisotopic (exact) mass is 350 g/mol. The zero-order valence-corrected chi connectivity index (χ0v) is 13.5. The molecular weight excluding hydrogens is 336 g/mol. The third-order valence-corrected chi connectivity index (χ3v) is 5.88. The second kappa shape index (κ2) is 7.35. The van der Waals surface area contributed by atoms with E-state index in [1.165, 1.54) is 28.2 Å². The lowest BCUT2D eigenvalue weighted by molar-refractivity contribution is 0.0543. The summed E-state index contributed by atoms with van der Waals surface area (Å²) in [4.78, 5) is 14.4. The Morgan fingerprint density at radius 1 is 1.48 bits per heavy atom. The van der Waals surface area contributed by atoms with Gasteiger partial charge < -0.3 is 9.72 Å². The van der Waals surface area contributed by atoms with Gasteiger partial charge in [-0.05, 0) is 12.1 Å². The molecule has 0 radical (unpaired) electrons. The van der Waals surface area contributed by atoms with Crippen LogP contribution in [-0.2, 0) is 14.8 Å². The summed E-state index contributed by atoms with van der Waals surface area (Å²) in [5.74, 6) is 0.938. The maximum Gasteiger partial charge on any atom is 0.355 e. The van der Waals surface area contributed by atoms with Crippen LogP contribution in [0.3, 0.4) is 0 Å². The van der Waals surface area contributed by atoms with Crippen molar-refractivity contribution in [3.05, 3.63) is 29.6 Å². The van der Waals surface area contributed by atoms with Crippen LogP contribution >= 0.6 is 23.4 Å². The highest BCUT2D eigenvalue weighted by molar-refractivity contribution is 7.99. The average Bonchev–Trinajstić information content (AvgIpc) is 2.99. The molecule has 9 heteroatoms. The molecule has 1 aliphatic rings. The molecule has 0 bridgehead atoms. The van der Waals surface area contributed by atoms with Gasteiger partial charge in [0, 0.05) is 36.3 Å². The van der Waals surface area contributed by atoms with Crippen molar-refractivity contribution >= 4 is 39.4 Å². The van der Waals surface area contributed by atoms with Gasteiger partial charge in [-0.15, -0.1) is 0 Å². The van der Waals surface area contributed by atoms with E-state index < -0.39 is 16.0 Å². The van der Waals surface area contributed by atoms with Gasteiger partial charge >= 0.3 is 5.97 Å². The lowest BCUT2D eigenvalue weighted by atomic mass is 10.4. The fraction of sp³-hybridized carbons (Fsp3) is 0.417. The van der Waals surface area contributed by atoms with Gasteiger partial charge in [0.2, 0.25) is 10.0 Å². The number of nitrogens with zero attached hydrogens (tertiary/aromatic N) is 1. The highest BCUT2D eigenvalue weighted by atomic mass is 35.5. The van der Waals surface area contributed by atoms with Crippen molar-refractivity contribution in [3.8, 4) is 0 Å². The van der Waals surface area contributed by atoms with Crippen LogP contribution < -0.4 is 0 Å². The lowest BCUT2D eigenvalue weighted by Crippen LogP contribution is -2.37. The fourth-order valence-corrected chi connectivity index (χ4v) is 4.46. The lowest BCUT2D eigenvalue weighted by Gasteiger charge is -2.24. The topological polar surface area (TPSA) is 79.5 Å². The van der Waals surface area contributed by atoms with Crippen LogP contribution in [0.4, 0.5) is 0 Å². The molecule has 1 fully saturated rings. The normalized spacial score (nSPS) is 17.2. The van der Waals surface area contributed by atoms with E-state index in [4.69, 9.17) is 16.3 Å². The Morgan fingerprint density at radius 3 is 2.86 bits per heavy atom. The number of thioether (sulfide) groups is 1. The molecule has 0 atom stereocenters. The van der Waals surface area contributed by atoms with Crippen molar-refractivity contribution in [2.24, 2.45) is 0 Å². The number of rotatable bonds is 5. The molecule has 1 saturated heterocycles. The molecule has 1 aromatic rings. The number of esters is 1. The molecule has 0 aromatic carbocycles. The van der Waals surface area contributed by atoms with Crippen LogP contribution in [0.5, 0.6) is 0 Å². The van der Waals surface area contributed by atoms with Crippen LogP contribution in [0.2, 0.25) is 0 Å². The number of aromatic amines is 1. The highest BCUT2D eigenvalue weighted by Crippen LogP contribution is 2.21. The van der Waals surface area contributed by atoms with Crippen molar-refractivity contribution in [2.75, 3.05) is 31.2 Å². The van der Waals surface area contributed by atoms with E-state index in [0.29, 0.717) is 13.1 Å². The van der Waals surface area contributed by atoms with Crippen LogP contribution in [0.1, 0.15) is 10.5 Å². The molecule has 0 saturated carbocycles. The Kier molecular flexibility index (Phi) is 5.74. The maximum atomic E-state index is 12.4. The fourth-order valence-electron chi connectivity index (χ4n) is 1.82. The molecule has 0 spiro atoms. The second-order valence-corrected chi connectivity index (χ2v) is 7.64. The van der Waals surface area contributed by atoms with E-state index in [9.17, 15) is 13.2 Å². The first-order valence-corrected chi connectivity index (χ1v) is 9.27. The first-order valence-electron chi connectivity index (χ1n) is 6.24. The molecule has 1 aliphatic heterocycles. The molecular formula is C12H15ClN2O4S2. The van der Waals surface area contributed by atoms with Crippen molar-refractivity contribution < 1.29 is 17.9 Å². The van der Waals surface area contributed by atoms with Gasteiger partial charge in [-0.2, -0.15) is 16.1 Å². The number of carbonyl (C=O) groups excluding carboxylic acids is 1. The molecule has 2 rings (SSSR count). The van der Waals surface area contributed by atoms with Gasteiger partial charge in [0.1, 0.15) is 17.2 Å². The van der Waals surface area contributed by atoms with Crippen LogP contribution in [0.15, 0.2) is 28.8 Å². The molecule has 0 amide bonds. The van der Waals surface area contributed by atoms with E-state index in [0.717, 1.165) is 11.5 Å². The minimum atomic E-state index is -3.55. The number of aromatic nitrogens is 1. The Balaban J connectivity index is 2.09. The average molecular weight is 351 g/mol. The Bertz CT molecular complexity index is 621.